The van der Waals surface area contributed by atoms with E-state index in [1.807, 2.05) is 24.3 Å². The molecule has 1 aliphatic rings. The van der Waals surface area contributed by atoms with Crippen LogP contribution in [0.15, 0.2) is 36.8 Å². The van der Waals surface area contributed by atoms with Gasteiger partial charge in [0.25, 0.3) is 0 Å². The van der Waals surface area contributed by atoms with Gasteiger partial charge in [-0.3, -0.25) is 0 Å². The third kappa shape index (κ3) is 2.78. The maximum Gasteiger partial charge on any atom is 0.168 e. The van der Waals surface area contributed by atoms with Crippen molar-refractivity contribution in [3.8, 4) is 11.4 Å². The summed E-state index contributed by atoms with van der Waals surface area (Å²) in [6.07, 6.45) is 5.82. The number of hydrogen-bond donors (Lipinski definition) is 1. The average molecular weight is 325 g/mol. The second-order valence-electron chi connectivity index (χ2n) is 5.73. The summed E-state index contributed by atoms with van der Waals surface area (Å²) in [5.41, 5.74) is 1.69. The van der Waals surface area contributed by atoms with Crippen molar-refractivity contribution in [3.63, 3.8) is 0 Å². The second kappa shape index (κ2) is 6.45. The van der Waals surface area contributed by atoms with Gasteiger partial charge in [-0.15, -0.1) is 0 Å². The van der Waals surface area contributed by atoms with Crippen molar-refractivity contribution >= 4 is 16.9 Å². The number of methoxy groups -OCH3 is 1. The van der Waals surface area contributed by atoms with Gasteiger partial charge in [0, 0.05) is 13.2 Å². The largest absolute Gasteiger partial charge is 0.497 e. The molecule has 24 heavy (non-hydrogen) atoms. The van der Waals surface area contributed by atoms with E-state index in [4.69, 9.17) is 9.47 Å². The monoisotopic (exact) mass is 325 g/mol. The molecule has 0 amide bonds. The second-order valence-corrected chi connectivity index (χ2v) is 5.73. The Balaban J connectivity index is 1.62. The Bertz CT molecular complexity index is 825. The molecule has 1 atom stereocenters. The van der Waals surface area contributed by atoms with Crippen LogP contribution in [-0.2, 0) is 4.74 Å². The Labute approximate surface area is 139 Å². The highest BCUT2D eigenvalue weighted by atomic mass is 16.5. The third-order valence-electron chi connectivity index (χ3n) is 4.20. The molecule has 0 radical (unpaired) electrons. The molecular weight excluding hydrogens is 306 g/mol. The Morgan fingerprint density at radius 3 is 2.92 bits per heavy atom. The summed E-state index contributed by atoms with van der Waals surface area (Å²) in [4.78, 5) is 8.74. The molecule has 4 rings (SSSR count). The molecule has 1 N–H and O–H groups in total. The van der Waals surface area contributed by atoms with E-state index >= 15 is 0 Å². The fraction of sp³-hybridized carbons (Fsp3) is 0.353. The molecule has 0 saturated carbocycles. The van der Waals surface area contributed by atoms with E-state index in [1.165, 1.54) is 0 Å². The molecule has 124 valence electrons. The molecule has 1 fully saturated rings. The number of aromatic nitrogens is 4. The average Bonchev–Trinajstić information content (AvgIpc) is 3.30. The van der Waals surface area contributed by atoms with Gasteiger partial charge < -0.3 is 14.8 Å². The Morgan fingerprint density at radius 1 is 1.29 bits per heavy atom. The van der Waals surface area contributed by atoms with E-state index in [1.54, 1.807) is 24.3 Å². The minimum absolute atomic E-state index is 0.256. The van der Waals surface area contributed by atoms with Crippen molar-refractivity contribution in [2.75, 3.05) is 25.6 Å². The van der Waals surface area contributed by atoms with Crippen LogP contribution in [-0.4, -0.2) is 46.1 Å². The van der Waals surface area contributed by atoms with Crippen LogP contribution in [0.4, 0.5) is 5.82 Å². The number of fused-ring (bicyclic) bond motifs is 1. The Kier molecular flexibility index (Phi) is 4.00. The number of rotatable bonds is 5. The van der Waals surface area contributed by atoms with Gasteiger partial charge in [0.15, 0.2) is 5.65 Å². The van der Waals surface area contributed by atoms with Gasteiger partial charge in [0.2, 0.25) is 0 Å². The summed E-state index contributed by atoms with van der Waals surface area (Å²) in [6, 6.07) is 7.71. The topological polar surface area (TPSA) is 74.1 Å². The molecule has 7 nitrogen and oxygen atoms in total. The van der Waals surface area contributed by atoms with E-state index in [9.17, 15) is 0 Å². The maximum atomic E-state index is 5.64. The van der Waals surface area contributed by atoms with Crippen molar-refractivity contribution < 1.29 is 9.47 Å². The highest BCUT2D eigenvalue weighted by molar-refractivity contribution is 5.87. The summed E-state index contributed by atoms with van der Waals surface area (Å²) >= 11 is 0. The first-order chi connectivity index (χ1) is 11.8. The van der Waals surface area contributed by atoms with Crippen molar-refractivity contribution in [3.05, 3.63) is 36.8 Å². The van der Waals surface area contributed by atoms with Gasteiger partial charge >= 0.3 is 0 Å². The van der Waals surface area contributed by atoms with Crippen molar-refractivity contribution in [1.29, 1.82) is 0 Å². The van der Waals surface area contributed by atoms with Gasteiger partial charge in [-0.2, -0.15) is 5.10 Å². The van der Waals surface area contributed by atoms with E-state index in [-0.39, 0.29) is 6.10 Å². The zero-order chi connectivity index (χ0) is 16.4. The molecule has 3 heterocycles. The van der Waals surface area contributed by atoms with Crippen molar-refractivity contribution in [1.82, 2.24) is 19.7 Å². The van der Waals surface area contributed by atoms with E-state index in [0.717, 1.165) is 54.3 Å². The van der Waals surface area contributed by atoms with Crippen molar-refractivity contribution in [2.45, 2.75) is 18.9 Å². The van der Waals surface area contributed by atoms with Gasteiger partial charge in [0.1, 0.15) is 17.9 Å². The van der Waals surface area contributed by atoms with E-state index < -0.39 is 0 Å². The molecule has 0 unspecified atom stereocenters. The van der Waals surface area contributed by atoms with Gasteiger partial charge in [-0.1, -0.05) is 0 Å². The number of nitrogens with one attached hydrogen (secondary N) is 1. The molecule has 1 aliphatic heterocycles. The van der Waals surface area contributed by atoms with Gasteiger partial charge in [0.05, 0.1) is 30.5 Å². The normalized spacial score (nSPS) is 17.3. The Hall–Kier alpha value is -2.67. The lowest BCUT2D eigenvalue weighted by atomic mass is 10.2. The molecule has 7 heteroatoms. The molecule has 0 bridgehead atoms. The maximum absolute atomic E-state index is 5.64. The van der Waals surface area contributed by atoms with Gasteiger partial charge in [-0.25, -0.2) is 14.6 Å². The quantitative estimate of drug-likeness (QED) is 0.776. The third-order valence-corrected chi connectivity index (χ3v) is 4.20. The van der Waals surface area contributed by atoms with Crippen LogP contribution in [0.25, 0.3) is 16.7 Å². The first-order valence-electron chi connectivity index (χ1n) is 8.04. The summed E-state index contributed by atoms with van der Waals surface area (Å²) in [5, 5.41) is 8.72. The molecule has 3 aromatic rings. The van der Waals surface area contributed by atoms with Crippen LogP contribution in [0.2, 0.25) is 0 Å². The van der Waals surface area contributed by atoms with Crippen LogP contribution in [0.1, 0.15) is 12.8 Å². The number of ether oxygens (including phenoxy) is 2. The fourth-order valence-corrected chi connectivity index (χ4v) is 2.91. The smallest absolute Gasteiger partial charge is 0.168 e. The van der Waals surface area contributed by atoms with Crippen LogP contribution in [0.5, 0.6) is 5.75 Å². The molecule has 1 saturated heterocycles. The predicted octanol–water partition coefficient (Wildman–Crippen LogP) is 2.42. The highest BCUT2D eigenvalue weighted by Gasteiger charge is 2.17. The first kappa shape index (κ1) is 14.9. The standard InChI is InChI=1S/C17H19N5O2/c1-23-13-6-4-12(5-7-13)22-17-15(10-21-22)16(19-11-20-17)18-9-14-3-2-8-24-14/h4-7,10-11,14H,2-3,8-9H2,1H3,(H,18,19,20)/t14-/m1/s1. The predicted molar refractivity (Wildman–Crippen MR) is 90.7 cm³/mol. The number of anilines is 1. The molecule has 0 aliphatic carbocycles. The van der Waals surface area contributed by atoms with E-state index in [2.05, 4.69) is 20.4 Å². The lowest BCUT2D eigenvalue weighted by molar-refractivity contribution is 0.120. The minimum atomic E-state index is 0.256. The summed E-state index contributed by atoms with van der Waals surface area (Å²) in [6.45, 7) is 1.60. The number of benzene rings is 1. The minimum Gasteiger partial charge on any atom is -0.497 e. The van der Waals surface area contributed by atoms with Crippen LogP contribution in [0, 0.1) is 0 Å². The zero-order valence-electron chi connectivity index (χ0n) is 13.5. The summed E-state index contributed by atoms with van der Waals surface area (Å²) in [5.74, 6) is 1.60. The number of hydrogen-bond acceptors (Lipinski definition) is 6. The molecule has 2 aromatic heterocycles. The molecule has 0 spiro atoms. The van der Waals surface area contributed by atoms with Crippen molar-refractivity contribution in [2.24, 2.45) is 0 Å². The van der Waals surface area contributed by atoms with Crippen LogP contribution >= 0.6 is 0 Å². The first-order valence-corrected chi connectivity index (χ1v) is 8.04. The highest BCUT2D eigenvalue weighted by Crippen LogP contribution is 2.23. The SMILES string of the molecule is COc1ccc(-n2ncc3c(NC[C@H]4CCCO4)ncnc32)cc1. The van der Waals surface area contributed by atoms with E-state index in [0.29, 0.717) is 0 Å². The Morgan fingerprint density at radius 2 is 2.17 bits per heavy atom. The summed E-state index contributed by atoms with van der Waals surface area (Å²) < 4.78 is 12.6. The molecule has 1 aromatic carbocycles. The van der Waals surface area contributed by atoms with Crippen LogP contribution < -0.4 is 10.1 Å². The number of nitrogens with zero attached hydrogens (tertiary/aromatic N) is 4. The lowest BCUT2D eigenvalue weighted by Gasteiger charge is -2.11. The molecular formula is C17H19N5O2. The van der Waals surface area contributed by atoms with Gasteiger partial charge in [-0.05, 0) is 37.1 Å². The fourth-order valence-electron chi connectivity index (χ4n) is 2.91. The lowest BCUT2D eigenvalue weighted by Crippen LogP contribution is -2.19. The zero-order valence-corrected chi connectivity index (χ0v) is 13.5. The summed E-state index contributed by atoms with van der Waals surface area (Å²) in [7, 11) is 1.65. The van der Waals surface area contributed by atoms with Crippen LogP contribution in [0.3, 0.4) is 0 Å².